The van der Waals surface area contributed by atoms with E-state index >= 15 is 0 Å². The molecule has 2 rings (SSSR count). The Morgan fingerprint density at radius 2 is 1.69 bits per heavy atom. The predicted octanol–water partition coefficient (Wildman–Crippen LogP) is 4.62. The van der Waals surface area contributed by atoms with Gasteiger partial charge in [0.15, 0.2) is 0 Å². The summed E-state index contributed by atoms with van der Waals surface area (Å²) >= 11 is 12.3. The van der Waals surface area contributed by atoms with Crippen LogP contribution < -0.4 is 9.62 Å². The molecule has 2 atom stereocenters. The van der Waals surface area contributed by atoms with Crippen molar-refractivity contribution in [2.45, 2.75) is 52.2 Å². The number of rotatable bonds is 11. The van der Waals surface area contributed by atoms with Crippen molar-refractivity contribution in [1.82, 2.24) is 10.2 Å². The zero-order valence-corrected chi connectivity index (χ0v) is 22.4. The summed E-state index contributed by atoms with van der Waals surface area (Å²) < 4.78 is 39.3. The van der Waals surface area contributed by atoms with E-state index in [0.717, 1.165) is 22.7 Å². The van der Waals surface area contributed by atoms with Crippen molar-refractivity contribution in [2.75, 3.05) is 17.1 Å². The lowest BCUT2D eigenvalue weighted by molar-refractivity contribution is -0.140. The van der Waals surface area contributed by atoms with Gasteiger partial charge in [0.05, 0.1) is 11.9 Å². The van der Waals surface area contributed by atoms with Crippen molar-refractivity contribution in [2.24, 2.45) is 0 Å². The summed E-state index contributed by atoms with van der Waals surface area (Å²) in [5.74, 6) is -1.51. The van der Waals surface area contributed by atoms with E-state index < -0.39 is 34.3 Å². The normalized spacial score (nSPS) is 13.1. The molecule has 0 saturated carbocycles. The molecule has 2 aromatic rings. The quantitative estimate of drug-likeness (QED) is 0.446. The van der Waals surface area contributed by atoms with Crippen LogP contribution in [0.15, 0.2) is 42.5 Å². The van der Waals surface area contributed by atoms with Crippen LogP contribution in [0.2, 0.25) is 10.0 Å². The Bertz CT molecular complexity index is 1150. The van der Waals surface area contributed by atoms with Crippen LogP contribution in [0, 0.1) is 5.82 Å². The monoisotopic (exact) mass is 545 g/mol. The number of nitrogens with one attached hydrogen (secondary N) is 1. The van der Waals surface area contributed by atoms with Crippen molar-refractivity contribution in [3.63, 3.8) is 0 Å². The molecule has 2 unspecified atom stereocenters. The van der Waals surface area contributed by atoms with Crippen LogP contribution in [0.25, 0.3) is 0 Å². The van der Waals surface area contributed by atoms with Gasteiger partial charge in [-0.15, -0.1) is 0 Å². The van der Waals surface area contributed by atoms with Gasteiger partial charge in [0.2, 0.25) is 21.8 Å². The van der Waals surface area contributed by atoms with E-state index in [1.54, 1.807) is 19.1 Å². The Morgan fingerprint density at radius 1 is 1.06 bits per heavy atom. The third-order valence-electron chi connectivity index (χ3n) is 5.54. The van der Waals surface area contributed by atoms with E-state index in [1.165, 1.54) is 23.1 Å². The Labute approximate surface area is 216 Å². The van der Waals surface area contributed by atoms with Crippen LogP contribution in [-0.4, -0.2) is 50.0 Å². The van der Waals surface area contributed by atoms with Crippen molar-refractivity contribution < 1.29 is 22.4 Å². The maximum atomic E-state index is 13.6. The first-order valence-electron chi connectivity index (χ1n) is 11.1. The second-order valence-electron chi connectivity index (χ2n) is 8.25. The minimum atomic E-state index is -3.90. The van der Waals surface area contributed by atoms with Crippen LogP contribution in [-0.2, 0) is 26.2 Å². The first-order chi connectivity index (χ1) is 16.4. The maximum Gasteiger partial charge on any atom is 0.244 e. The number of sulfonamides is 1. The molecule has 0 spiro atoms. The highest BCUT2D eigenvalue weighted by Gasteiger charge is 2.32. The number of carbonyl (C=O) groups excluding carboxylic acids is 2. The van der Waals surface area contributed by atoms with E-state index in [-0.39, 0.29) is 30.6 Å². The minimum Gasteiger partial charge on any atom is -0.352 e. The van der Waals surface area contributed by atoms with E-state index in [9.17, 15) is 22.4 Å². The minimum absolute atomic E-state index is 0.0394. The number of halogens is 3. The largest absolute Gasteiger partial charge is 0.352 e. The zero-order chi connectivity index (χ0) is 26.3. The highest BCUT2D eigenvalue weighted by molar-refractivity contribution is 7.92. The van der Waals surface area contributed by atoms with Gasteiger partial charge in [-0.3, -0.25) is 13.9 Å². The molecule has 192 valence electrons. The lowest BCUT2D eigenvalue weighted by Gasteiger charge is -2.33. The van der Waals surface area contributed by atoms with Crippen LogP contribution in [0.4, 0.5) is 10.1 Å². The summed E-state index contributed by atoms with van der Waals surface area (Å²) in [5, 5.41) is 3.61. The number of hydrogen-bond acceptors (Lipinski definition) is 4. The second kappa shape index (κ2) is 12.6. The van der Waals surface area contributed by atoms with Gasteiger partial charge in [-0.1, -0.05) is 43.1 Å². The van der Waals surface area contributed by atoms with Gasteiger partial charge < -0.3 is 10.2 Å². The van der Waals surface area contributed by atoms with Gasteiger partial charge in [-0.25, -0.2) is 12.8 Å². The molecule has 0 heterocycles. The highest BCUT2D eigenvalue weighted by atomic mass is 35.5. The molecule has 7 nitrogen and oxygen atoms in total. The summed E-state index contributed by atoms with van der Waals surface area (Å²) in [6.45, 7) is 4.92. The van der Waals surface area contributed by atoms with Crippen molar-refractivity contribution in [1.29, 1.82) is 0 Å². The topological polar surface area (TPSA) is 86.8 Å². The molecule has 0 fully saturated rings. The summed E-state index contributed by atoms with van der Waals surface area (Å²) in [7, 11) is -3.90. The highest BCUT2D eigenvalue weighted by Crippen LogP contribution is 2.25. The van der Waals surface area contributed by atoms with Crippen molar-refractivity contribution in [3.8, 4) is 0 Å². The SMILES string of the molecule is CCC(C)NC(=O)C(CC)N(Cc1ccc(Cl)cc1Cl)C(=O)CN(c1ccc(F)cc1)S(C)(=O)=O. The molecule has 0 aliphatic heterocycles. The molecule has 0 aliphatic carbocycles. The maximum absolute atomic E-state index is 13.6. The predicted molar refractivity (Wildman–Crippen MR) is 138 cm³/mol. The van der Waals surface area contributed by atoms with Crippen molar-refractivity contribution >= 4 is 50.7 Å². The molecule has 0 aliphatic rings. The number of carbonyl (C=O) groups is 2. The number of nitrogens with zero attached hydrogens (tertiary/aromatic N) is 2. The first kappa shape index (κ1) is 28.9. The molecular weight excluding hydrogens is 516 g/mol. The summed E-state index contributed by atoms with van der Waals surface area (Å²) in [6.07, 6.45) is 1.94. The Hall–Kier alpha value is -2.36. The molecule has 2 aromatic carbocycles. The van der Waals surface area contributed by atoms with Crippen molar-refractivity contribution in [3.05, 3.63) is 63.9 Å². The number of hydrogen-bond donors (Lipinski definition) is 1. The molecular formula is C24H30Cl2FN3O4S. The molecule has 35 heavy (non-hydrogen) atoms. The molecule has 0 aromatic heterocycles. The van der Waals surface area contributed by atoms with Gasteiger partial charge in [0, 0.05) is 22.6 Å². The lowest BCUT2D eigenvalue weighted by atomic mass is 10.1. The first-order valence-corrected chi connectivity index (χ1v) is 13.7. The number of benzene rings is 2. The average molecular weight is 546 g/mol. The molecule has 0 bridgehead atoms. The van der Waals surface area contributed by atoms with Crippen LogP contribution in [0.1, 0.15) is 39.2 Å². The van der Waals surface area contributed by atoms with E-state index in [2.05, 4.69) is 5.32 Å². The molecule has 0 radical (unpaired) electrons. The number of anilines is 1. The Balaban J connectivity index is 2.46. The van der Waals surface area contributed by atoms with Gasteiger partial charge in [-0.05, 0) is 61.7 Å². The summed E-state index contributed by atoms with van der Waals surface area (Å²) in [5.41, 5.74) is 0.677. The fourth-order valence-electron chi connectivity index (χ4n) is 3.42. The van der Waals surface area contributed by atoms with Gasteiger partial charge in [0.1, 0.15) is 18.4 Å². The smallest absolute Gasteiger partial charge is 0.244 e. The van der Waals surface area contributed by atoms with E-state index in [1.807, 2.05) is 13.8 Å². The third kappa shape index (κ3) is 8.08. The zero-order valence-electron chi connectivity index (χ0n) is 20.1. The van der Waals surface area contributed by atoms with Gasteiger partial charge in [0.25, 0.3) is 0 Å². The Morgan fingerprint density at radius 3 is 2.20 bits per heavy atom. The number of amides is 2. The lowest BCUT2D eigenvalue weighted by Crippen LogP contribution is -2.53. The average Bonchev–Trinajstić information content (AvgIpc) is 2.78. The third-order valence-corrected chi connectivity index (χ3v) is 7.26. The van der Waals surface area contributed by atoms with Gasteiger partial charge in [-0.2, -0.15) is 0 Å². The van der Waals surface area contributed by atoms with E-state index in [4.69, 9.17) is 23.2 Å². The van der Waals surface area contributed by atoms with Crippen LogP contribution in [0.5, 0.6) is 0 Å². The molecule has 11 heteroatoms. The summed E-state index contributed by atoms with van der Waals surface area (Å²) in [6, 6.07) is 8.58. The fraction of sp³-hybridized carbons (Fsp3) is 0.417. The van der Waals surface area contributed by atoms with E-state index in [0.29, 0.717) is 22.0 Å². The summed E-state index contributed by atoms with van der Waals surface area (Å²) in [4.78, 5) is 28.0. The van der Waals surface area contributed by atoms with Crippen LogP contribution >= 0.6 is 23.2 Å². The standard InChI is InChI=1S/C24H30Cl2FN3O4S/c1-5-16(3)28-24(32)22(6-2)29(14-17-7-8-18(25)13-21(17)26)23(31)15-30(35(4,33)34)20-11-9-19(27)10-12-20/h7-13,16,22H,5-6,14-15H2,1-4H3,(H,28,32). The van der Waals surface area contributed by atoms with Gasteiger partial charge >= 0.3 is 0 Å². The molecule has 1 N–H and O–H groups in total. The second-order valence-corrected chi connectivity index (χ2v) is 11.0. The Kier molecular flexibility index (Phi) is 10.4. The molecule has 0 saturated heterocycles. The fourth-order valence-corrected chi connectivity index (χ4v) is 4.73. The van der Waals surface area contributed by atoms with Crippen LogP contribution in [0.3, 0.4) is 0 Å². The molecule has 2 amide bonds.